The van der Waals surface area contributed by atoms with E-state index >= 15 is 0 Å². The number of rotatable bonds is 3. The summed E-state index contributed by atoms with van der Waals surface area (Å²) in [5.41, 5.74) is 6.31. The zero-order valence-corrected chi connectivity index (χ0v) is 11.1. The lowest BCUT2D eigenvalue weighted by Crippen LogP contribution is -2.18. The van der Waals surface area contributed by atoms with Crippen molar-refractivity contribution in [3.8, 4) is 11.5 Å². The molecule has 1 amide bonds. The van der Waals surface area contributed by atoms with Crippen LogP contribution in [0.25, 0.3) is 11.5 Å². The van der Waals surface area contributed by atoms with Crippen LogP contribution in [0.15, 0.2) is 41.3 Å². The van der Waals surface area contributed by atoms with Gasteiger partial charge in [0.15, 0.2) is 17.3 Å². The largest absolute Gasteiger partial charge is 0.463 e. The van der Waals surface area contributed by atoms with Gasteiger partial charge in [-0.2, -0.15) is 5.10 Å². The first-order valence-electron chi connectivity index (χ1n) is 6.11. The number of aromatic nitrogens is 4. The summed E-state index contributed by atoms with van der Waals surface area (Å²) in [6.07, 6.45) is 4.39. The lowest BCUT2D eigenvalue weighted by molar-refractivity contribution is 0.102. The highest BCUT2D eigenvalue weighted by Gasteiger charge is 2.16. The Bertz CT molecular complexity index is 778. The van der Waals surface area contributed by atoms with Gasteiger partial charge in [-0.3, -0.25) is 9.48 Å². The molecule has 0 saturated heterocycles. The Balaban J connectivity index is 1.86. The fraction of sp³-hybridized carbons (Fsp3) is 0.0769. The second-order valence-electron chi connectivity index (χ2n) is 4.26. The van der Waals surface area contributed by atoms with Gasteiger partial charge in [-0.05, 0) is 12.1 Å². The average Bonchev–Trinajstić information content (AvgIpc) is 3.10. The first-order chi connectivity index (χ1) is 10.1. The fourth-order valence-electron chi connectivity index (χ4n) is 1.83. The van der Waals surface area contributed by atoms with Crippen LogP contribution in [0.4, 0.5) is 11.6 Å². The van der Waals surface area contributed by atoms with Crippen LogP contribution in [0, 0.1) is 0 Å². The van der Waals surface area contributed by atoms with E-state index in [1.165, 1.54) is 17.1 Å². The number of furan rings is 1. The molecule has 21 heavy (non-hydrogen) atoms. The van der Waals surface area contributed by atoms with Crippen LogP contribution in [0.3, 0.4) is 0 Å². The minimum atomic E-state index is -0.449. The van der Waals surface area contributed by atoms with Gasteiger partial charge < -0.3 is 15.5 Å². The van der Waals surface area contributed by atoms with Crippen molar-refractivity contribution < 1.29 is 9.21 Å². The summed E-state index contributed by atoms with van der Waals surface area (Å²) in [5, 5.41) is 6.95. The zero-order chi connectivity index (χ0) is 14.8. The average molecular weight is 284 g/mol. The third kappa shape index (κ3) is 2.46. The Morgan fingerprint density at radius 2 is 2.19 bits per heavy atom. The number of nitrogens with two attached hydrogens (primary N) is 1. The first kappa shape index (κ1) is 12.9. The number of nitrogens with one attached hydrogen (secondary N) is 1. The molecule has 0 bridgehead atoms. The van der Waals surface area contributed by atoms with Crippen molar-refractivity contribution in [2.75, 3.05) is 11.1 Å². The van der Waals surface area contributed by atoms with Crippen LogP contribution >= 0.6 is 0 Å². The van der Waals surface area contributed by atoms with E-state index in [0.29, 0.717) is 17.3 Å². The highest BCUT2D eigenvalue weighted by atomic mass is 16.3. The molecule has 0 unspecified atom stereocenters. The van der Waals surface area contributed by atoms with E-state index in [1.807, 2.05) is 0 Å². The molecule has 3 aromatic heterocycles. The van der Waals surface area contributed by atoms with Gasteiger partial charge in [0.05, 0.1) is 6.26 Å². The molecule has 0 saturated carbocycles. The number of aryl methyl sites for hydroxylation is 1. The third-order valence-electron chi connectivity index (χ3n) is 2.84. The van der Waals surface area contributed by atoms with E-state index in [9.17, 15) is 4.79 Å². The Kier molecular flexibility index (Phi) is 3.11. The lowest BCUT2D eigenvalue weighted by atomic mass is 10.3. The molecule has 3 N–H and O–H groups in total. The normalized spacial score (nSPS) is 10.5. The van der Waals surface area contributed by atoms with Crippen molar-refractivity contribution in [2.45, 2.75) is 0 Å². The van der Waals surface area contributed by atoms with Gasteiger partial charge in [0.2, 0.25) is 0 Å². The molecule has 3 aromatic rings. The minimum Gasteiger partial charge on any atom is -0.463 e. The SMILES string of the molecule is Cn1nc(-c2ccco2)cc1NC(=O)c1nccnc1N. The van der Waals surface area contributed by atoms with Crippen molar-refractivity contribution in [3.63, 3.8) is 0 Å². The summed E-state index contributed by atoms with van der Waals surface area (Å²) < 4.78 is 6.80. The summed E-state index contributed by atoms with van der Waals surface area (Å²) in [5.74, 6) is 0.736. The van der Waals surface area contributed by atoms with Crippen molar-refractivity contribution in [1.29, 1.82) is 0 Å². The van der Waals surface area contributed by atoms with Crippen LogP contribution in [0.5, 0.6) is 0 Å². The maximum atomic E-state index is 12.1. The predicted octanol–water partition coefficient (Wildman–Crippen LogP) is 1.30. The highest BCUT2D eigenvalue weighted by Crippen LogP contribution is 2.22. The molecular formula is C13H12N6O2. The molecule has 0 aliphatic carbocycles. The molecule has 0 spiro atoms. The number of amides is 1. The Hall–Kier alpha value is -3.16. The highest BCUT2D eigenvalue weighted by molar-refractivity contribution is 6.05. The van der Waals surface area contributed by atoms with Gasteiger partial charge in [0.25, 0.3) is 5.91 Å². The number of carbonyl (C=O) groups is 1. The number of hydrogen-bond acceptors (Lipinski definition) is 6. The van der Waals surface area contributed by atoms with E-state index in [-0.39, 0.29) is 11.5 Å². The summed E-state index contributed by atoms with van der Waals surface area (Å²) >= 11 is 0. The molecule has 3 heterocycles. The molecule has 0 radical (unpaired) electrons. The minimum absolute atomic E-state index is 0.0678. The van der Waals surface area contributed by atoms with Crippen molar-refractivity contribution >= 4 is 17.5 Å². The van der Waals surface area contributed by atoms with E-state index in [0.717, 1.165) is 0 Å². The van der Waals surface area contributed by atoms with Gasteiger partial charge in [-0.15, -0.1) is 0 Å². The van der Waals surface area contributed by atoms with Gasteiger partial charge in [0.1, 0.15) is 11.5 Å². The zero-order valence-electron chi connectivity index (χ0n) is 11.1. The summed E-state index contributed by atoms with van der Waals surface area (Å²) in [4.78, 5) is 19.9. The lowest BCUT2D eigenvalue weighted by Gasteiger charge is -2.05. The number of anilines is 2. The van der Waals surface area contributed by atoms with Crippen LogP contribution < -0.4 is 11.1 Å². The van der Waals surface area contributed by atoms with Crippen molar-refractivity contribution in [3.05, 3.63) is 42.5 Å². The molecule has 8 nitrogen and oxygen atoms in total. The first-order valence-corrected chi connectivity index (χ1v) is 6.11. The van der Waals surface area contributed by atoms with E-state index in [4.69, 9.17) is 10.2 Å². The van der Waals surface area contributed by atoms with Gasteiger partial charge in [-0.25, -0.2) is 9.97 Å². The Morgan fingerprint density at radius 3 is 2.90 bits per heavy atom. The van der Waals surface area contributed by atoms with E-state index < -0.39 is 5.91 Å². The van der Waals surface area contributed by atoms with Crippen LogP contribution in [-0.4, -0.2) is 25.7 Å². The molecule has 106 valence electrons. The number of nitrogens with zero attached hydrogens (tertiary/aromatic N) is 4. The molecule has 8 heteroatoms. The van der Waals surface area contributed by atoms with Gasteiger partial charge in [0, 0.05) is 25.5 Å². The smallest absolute Gasteiger partial charge is 0.279 e. The topological polar surface area (TPSA) is 112 Å². The molecule has 0 atom stereocenters. The monoisotopic (exact) mass is 284 g/mol. The van der Waals surface area contributed by atoms with Gasteiger partial charge in [-0.1, -0.05) is 0 Å². The number of carbonyl (C=O) groups excluding carboxylic acids is 1. The number of nitrogen functional groups attached to an aromatic ring is 1. The fourth-order valence-corrected chi connectivity index (χ4v) is 1.83. The molecule has 0 fully saturated rings. The molecular weight excluding hydrogens is 272 g/mol. The molecule has 0 aliphatic heterocycles. The third-order valence-corrected chi connectivity index (χ3v) is 2.84. The van der Waals surface area contributed by atoms with Gasteiger partial charge >= 0.3 is 0 Å². The van der Waals surface area contributed by atoms with Crippen LogP contribution in [0.1, 0.15) is 10.5 Å². The van der Waals surface area contributed by atoms with Crippen molar-refractivity contribution in [1.82, 2.24) is 19.7 Å². The summed E-state index contributed by atoms with van der Waals surface area (Å²) in [6, 6.07) is 5.25. The Morgan fingerprint density at radius 1 is 1.38 bits per heavy atom. The summed E-state index contributed by atoms with van der Waals surface area (Å²) in [7, 11) is 1.71. The van der Waals surface area contributed by atoms with Crippen LogP contribution in [-0.2, 0) is 7.05 Å². The second kappa shape index (κ2) is 5.08. The quantitative estimate of drug-likeness (QED) is 0.749. The molecule has 0 aliphatic rings. The predicted molar refractivity (Wildman–Crippen MR) is 75.3 cm³/mol. The maximum Gasteiger partial charge on any atom is 0.279 e. The standard InChI is InChI=1S/C13H12N6O2/c1-19-10(7-8(18-19)9-3-2-6-21-9)17-13(20)11-12(14)16-5-4-15-11/h2-7H,1H3,(H2,14,16)(H,17,20). The van der Waals surface area contributed by atoms with E-state index in [1.54, 1.807) is 31.5 Å². The van der Waals surface area contributed by atoms with Crippen molar-refractivity contribution in [2.24, 2.45) is 7.05 Å². The second-order valence-corrected chi connectivity index (χ2v) is 4.26. The maximum absolute atomic E-state index is 12.1. The molecule has 3 rings (SSSR count). The van der Waals surface area contributed by atoms with Crippen LogP contribution in [0.2, 0.25) is 0 Å². The number of hydrogen-bond donors (Lipinski definition) is 2. The molecule has 0 aromatic carbocycles. The summed E-state index contributed by atoms with van der Waals surface area (Å²) in [6.45, 7) is 0. The van der Waals surface area contributed by atoms with E-state index in [2.05, 4.69) is 20.4 Å². The Labute approximate surface area is 119 Å².